The predicted molar refractivity (Wildman–Crippen MR) is 98.5 cm³/mol. The first-order valence-corrected chi connectivity index (χ1v) is 8.49. The van der Waals surface area contributed by atoms with E-state index in [4.69, 9.17) is 9.47 Å². The van der Waals surface area contributed by atoms with Crippen LogP contribution in [0.4, 0.5) is 5.69 Å². The summed E-state index contributed by atoms with van der Waals surface area (Å²) >= 11 is 0. The molecule has 8 nitrogen and oxygen atoms in total. The number of benzene rings is 1. The van der Waals surface area contributed by atoms with E-state index in [2.05, 4.69) is 6.92 Å². The van der Waals surface area contributed by atoms with Crippen molar-refractivity contribution in [3.63, 3.8) is 0 Å². The van der Waals surface area contributed by atoms with Crippen LogP contribution < -0.4 is 4.74 Å². The number of ketones is 1. The fourth-order valence-electron chi connectivity index (χ4n) is 2.90. The van der Waals surface area contributed by atoms with Gasteiger partial charge in [-0.3, -0.25) is 14.9 Å². The van der Waals surface area contributed by atoms with Crippen LogP contribution in [-0.2, 0) is 11.3 Å². The summed E-state index contributed by atoms with van der Waals surface area (Å²) in [5.41, 5.74) is 1.94. The quantitative estimate of drug-likeness (QED) is 0.303. The van der Waals surface area contributed by atoms with Gasteiger partial charge >= 0.3 is 11.7 Å². The number of ether oxygens (including phenoxy) is 2. The SMILES string of the molecule is CCCn1c(C)cc(C(=O)COC(=O)c2ccc(OC)c([N+](=O)[O-])c2)c1C. The summed E-state index contributed by atoms with van der Waals surface area (Å²) in [7, 11) is 1.30. The Morgan fingerprint density at radius 2 is 1.93 bits per heavy atom. The van der Waals surface area contributed by atoms with Crippen molar-refractivity contribution in [2.24, 2.45) is 0 Å². The normalized spacial score (nSPS) is 10.5. The molecule has 8 heteroatoms. The number of nitro groups is 1. The number of aromatic nitrogens is 1. The fourth-order valence-corrected chi connectivity index (χ4v) is 2.90. The molecule has 0 saturated carbocycles. The first kappa shape index (κ1) is 20.2. The average Bonchev–Trinajstić information content (AvgIpc) is 2.93. The van der Waals surface area contributed by atoms with Crippen molar-refractivity contribution >= 4 is 17.4 Å². The van der Waals surface area contributed by atoms with E-state index >= 15 is 0 Å². The fraction of sp³-hybridized carbons (Fsp3) is 0.368. The number of hydrogen-bond acceptors (Lipinski definition) is 6. The maximum atomic E-state index is 12.4. The van der Waals surface area contributed by atoms with Crippen LogP contribution >= 0.6 is 0 Å². The van der Waals surface area contributed by atoms with Crippen molar-refractivity contribution in [2.75, 3.05) is 13.7 Å². The van der Waals surface area contributed by atoms with Gasteiger partial charge < -0.3 is 14.0 Å². The smallest absolute Gasteiger partial charge is 0.338 e. The van der Waals surface area contributed by atoms with E-state index in [1.807, 2.05) is 18.4 Å². The summed E-state index contributed by atoms with van der Waals surface area (Å²) in [5, 5.41) is 11.0. The van der Waals surface area contributed by atoms with E-state index in [0.29, 0.717) is 5.56 Å². The van der Waals surface area contributed by atoms with E-state index in [-0.39, 0.29) is 22.8 Å². The highest BCUT2D eigenvalue weighted by Gasteiger charge is 2.21. The van der Waals surface area contributed by atoms with Crippen LogP contribution in [0, 0.1) is 24.0 Å². The van der Waals surface area contributed by atoms with Gasteiger partial charge in [-0.05, 0) is 38.5 Å². The minimum Gasteiger partial charge on any atom is -0.490 e. The molecule has 27 heavy (non-hydrogen) atoms. The number of esters is 1. The van der Waals surface area contributed by atoms with Gasteiger partial charge in [0.25, 0.3) is 0 Å². The lowest BCUT2D eigenvalue weighted by Gasteiger charge is -2.08. The Morgan fingerprint density at radius 3 is 2.52 bits per heavy atom. The number of rotatable bonds is 8. The summed E-state index contributed by atoms with van der Waals surface area (Å²) in [6.07, 6.45) is 0.940. The Balaban J connectivity index is 2.12. The third-order valence-electron chi connectivity index (χ3n) is 4.27. The Kier molecular flexibility index (Phi) is 6.33. The molecule has 2 rings (SSSR count). The zero-order chi connectivity index (χ0) is 20.1. The van der Waals surface area contributed by atoms with Crippen molar-refractivity contribution in [2.45, 2.75) is 33.7 Å². The largest absolute Gasteiger partial charge is 0.490 e. The van der Waals surface area contributed by atoms with E-state index in [1.165, 1.54) is 19.2 Å². The first-order chi connectivity index (χ1) is 12.8. The highest BCUT2D eigenvalue weighted by Crippen LogP contribution is 2.27. The molecule has 0 fully saturated rings. The molecule has 0 amide bonds. The molecule has 0 N–H and O–H groups in total. The van der Waals surface area contributed by atoms with Gasteiger partial charge in [0.15, 0.2) is 12.4 Å². The second-order valence-electron chi connectivity index (χ2n) is 6.08. The van der Waals surface area contributed by atoms with Crippen LogP contribution in [0.2, 0.25) is 0 Å². The third-order valence-corrected chi connectivity index (χ3v) is 4.27. The summed E-state index contributed by atoms with van der Waals surface area (Å²) in [4.78, 5) is 35.0. The molecular formula is C19H22N2O6. The Bertz CT molecular complexity index is 885. The lowest BCUT2D eigenvalue weighted by atomic mass is 10.1. The van der Waals surface area contributed by atoms with Gasteiger partial charge in [-0.15, -0.1) is 0 Å². The zero-order valence-corrected chi connectivity index (χ0v) is 15.8. The molecule has 0 aliphatic carbocycles. The number of aryl methyl sites for hydroxylation is 1. The molecule has 0 aliphatic rings. The lowest BCUT2D eigenvalue weighted by Crippen LogP contribution is -2.15. The summed E-state index contributed by atoms with van der Waals surface area (Å²) < 4.78 is 12.0. The number of hydrogen-bond donors (Lipinski definition) is 0. The number of Topliss-reactive ketones (excluding diaryl/α,β-unsaturated/α-hetero) is 1. The molecule has 2 aromatic rings. The minimum atomic E-state index is -0.809. The standard InChI is InChI=1S/C19H22N2O6/c1-5-8-20-12(2)9-15(13(20)3)17(22)11-27-19(23)14-6-7-18(26-4)16(10-14)21(24)25/h6-7,9-10H,5,8,11H2,1-4H3. The summed E-state index contributed by atoms with van der Waals surface area (Å²) in [6, 6.07) is 5.51. The molecule has 0 bridgehead atoms. The summed E-state index contributed by atoms with van der Waals surface area (Å²) in [6.45, 7) is 6.19. The number of nitro benzene ring substituents is 1. The molecule has 0 aliphatic heterocycles. The van der Waals surface area contributed by atoms with Crippen molar-refractivity contribution in [3.05, 3.63) is 56.9 Å². The van der Waals surface area contributed by atoms with Crippen LogP contribution in [0.15, 0.2) is 24.3 Å². The van der Waals surface area contributed by atoms with Gasteiger partial charge in [-0.1, -0.05) is 6.92 Å². The van der Waals surface area contributed by atoms with Crippen LogP contribution in [0.3, 0.4) is 0 Å². The summed E-state index contributed by atoms with van der Waals surface area (Å²) in [5.74, 6) is -1.09. The van der Waals surface area contributed by atoms with Gasteiger partial charge in [0.1, 0.15) is 0 Å². The van der Waals surface area contributed by atoms with E-state index in [0.717, 1.165) is 30.4 Å². The monoisotopic (exact) mass is 374 g/mol. The van der Waals surface area contributed by atoms with Crippen LogP contribution in [0.1, 0.15) is 45.4 Å². The van der Waals surface area contributed by atoms with Crippen molar-refractivity contribution < 1.29 is 24.0 Å². The van der Waals surface area contributed by atoms with Crippen molar-refractivity contribution in [1.29, 1.82) is 0 Å². The van der Waals surface area contributed by atoms with Gasteiger partial charge in [0.05, 0.1) is 17.6 Å². The first-order valence-electron chi connectivity index (χ1n) is 8.49. The van der Waals surface area contributed by atoms with E-state index in [1.54, 1.807) is 6.07 Å². The number of nitrogens with zero attached hydrogens (tertiary/aromatic N) is 2. The lowest BCUT2D eigenvalue weighted by molar-refractivity contribution is -0.385. The number of methoxy groups -OCH3 is 1. The molecule has 0 spiro atoms. The van der Waals surface area contributed by atoms with Crippen molar-refractivity contribution in [1.82, 2.24) is 4.57 Å². The molecule has 144 valence electrons. The molecule has 1 aromatic heterocycles. The average molecular weight is 374 g/mol. The number of carbonyl (C=O) groups is 2. The second kappa shape index (κ2) is 8.48. The van der Waals surface area contributed by atoms with Crippen LogP contribution in [0.5, 0.6) is 5.75 Å². The minimum absolute atomic E-state index is 0.0215. The Labute approximate surface area is 156 Å². The molecule has 0 saturated heterocycles. The van der Waals surface area contributed by atoms with Gasteiger partial charge in [-0.25, -0.2) is 4.79 Å². The molecule has 0 radical (unpaired) electrons. The van der Waals surface area contributed by atoms with E-state index in [9.17, 15) is 19.7 Å². The maximum absolute atomic E-state index is 12.4. The van der Waals surface area contributed by atoms with E-state index < -0.39 is 17.5 Å². The molecule has 1 heterocycles. The van der Waals surface area contributed by atoms with Gasteiger partial charge in [0.2, 0.25) is 5.78 Å². The maximum Gasteiger partial charge on any atom is 0.338 e. The highest BCUT2D eigenvalue weighted by molar-refractivity contribution is 6.00. The van der Waals surface area contributed by atoms with Crippen molar-refractivity contribution in [3.8, 4) is 5.75 Å². The molecule has 1 aromatic carbocycles. The highest BCUT2D eigenvalue weighted by atomic mass is 16.6. The Hall–Kier alpha value is -3.16. The second-order valence-corrected chi connectivity index (χ2v) is 6.08. The predicted octanol–water partition coefficient (Wildman–Crippen LogP) is 3.47. The Morgan fingerprint density at radius 1 is 1.22 bits per heavy atom. The van der Waals surface area contributed by atoms with Gasteiger partial charge in [-0.2, -0.15) is 0 Å². The zero-order valence-electron chi connectivity index (χ0n) is 15.8. The molecule has 0 unspecified atom stereocenters. The van der Waals surface area contributed by atoms with Crippen LogP contribution in [-0.4, -0.2) is 35.0 Å². The topological polar surface area (TPSA) is 101 Å². The third kappa shape index (κ3) is 4.33. The number of carbonyl (C=O) groups excluding carboxylic acids is 2. The van der Waals surface area contributed by atoms with Gasteiger partial charge in [0, 0.05) is 29.6 Å². The molecular weight excluding hydrogens is 352 g/mol. The molecule has 0 atom stereocenters. The van der Waals surface area contributed by atoms with Crippen LogP contribution in [0.25, 0.3) is 0 Å².